The SMILES string of the molecule is CCc1nnc(N(CC)CC2CCC2)c(C(=O)O)c1CC. The third-order valence-corrected chi connectivity index (χ3v) is 4.43. The highest BCUT2D eigenvalue weighted by molar-refractivity contribution is 5.95. The van der Waals surface area contributed by atoms with E-state index in [0.717, 1.165) is 24.3 Å². The van der Waals surface area contributed by atoms with Gasteiger partial charge in [-0.05, 0) is 44.1 Å². The molecule has 5 nitrogen and oxygen atoms in total. The Morgan fingerprint density at radius 3 is 2.38 bits per heavy atom. The lowest BCUT2D eigenvalue weighted by atomic mass is 9.85. The molecule has 0 saturated heterocycles. The van der Waals surface area contributed by atoms with E-state index in [0.29, 0.717) is 30.1 Å². The van der Waals surface area contributed by atoms with Crippen molar-refractivity contribution < 1.29 is 9.90 Å². The van der Waals surface area contributed by atoms with Gasteiger partial charge in [-0.25, -0.2) is 4.79 Å². The second kappa shape index (κ2) is 6.87. The summed E-state index contributed by atoms with van der Waals surface area (Å²) in [4.78, 5) is 13.8. The molecule has 0 aliphatic heterocycles. The average molecular weight is 291 g/mol. The molecule has 2 rings (SSSR count). The topological polar surface area (TPSA) is 66.3 Å². The Kier molecular flexibility index (Phi) is 5.15. The number of anilines is 1. The van der Waals surface area contributed by atoms with E-state index >= 15 is 0 Å². The molecule has 0 aromatic carbocycles. The van der Waals surface area contributed by atoms with E-state index in [4.69, 9.17) is 0 Å². The van der Waals surface area contributed by atoms with E-state index in [9.17, 15) is 9.90 Å². The summed E-state index contributed by atoms with van der Waals surface area (Å²) in [5.41, 5.74) is 1.99. The maximum atomic E-state index is 11.8. The lowest BCUT2D eigenvalue weighted by molar-refractivity contribution is 0.0695. The van der Waals surface area contributed by atoms with Gasteiger partial charge in [-0.3, -0.25) is 0 Å². The highest BCUT2D eigenvalue weighted by Crippen LogP contribution is 2.30. The standard InChI is InChI=1S/C16H25N3O2/c1-4-12-13(5-2)17-18-15(14(12)16(20)21)19(6-3)10-11-8-7-9-11/h11H,4-10H2,1-3H3,(H,20,21). The van der Waals surface area contributed by atoms with Crippen LogP contribution in [0.2, 0.25) is 0 Å². The van der Waals surface area contributed by atoms with Crippen molar-refractivity contribution in [2.24, 2.45) is 5.92 Å². The summed E-state index contributed by atoms with van der Waals surface area (Å²) in [7, 11) is 0. The highest BCUT2D eigenvalue weighted by Gasteiger charge is 2.26. The van der Waals surface area contributed by atoms with Crippen molar-refractivity contribution in [1.29, 1.82) is 0 Å². The summed E-state index contributed by atoms with van der Waals surface area (Å²) >= 11 is 0. The number of aryl methyl sites for hydroxylation is 1. The molecule has 0 atom stereocenters. The highest BCUT2D eigenvalue weighted by atomic mass is 16.4. The van der Waals surface area contributed by atoms with E-state index in [1.54, 1.807) is 0 Å². The van der Waals surface area contributed by atoms with Gasteiger partial charge in [0.25, 0.3) is 0 Å². The number of aromatic nitrogens is 2. The fraction of sp³-hybridized carbons (Fsp3) is 0.688. The van der Waals surface area contributed by atoms with Gasteiger partial charge in [0.05, 0.1) is 5.69 Å². The van der Waals surface area contributed by atoms with E-state index in [1.165, 1.54) is 19.3 Å². The van der Waals surface area contributed by atoms with Crippen LogP contribution < -0.4 is 4.90 Å². The van der Waals surface area contributed by atoms with Gasteiger partial charge in [-0.1, -0.05) is 20.3 Å². The molecule has 1 fully saturated rings. The van der Waals surface area contributed by atoms with E-state index < -0.39 is 5.97 Å². The van der Waals surface area contributed by atoms with Crippen molar-refractivity contribution in [2.75, 3.05) is 18.0 Å². The van der Waals surface area contributed by atoms with Crippen molar-refractivity contribution in [3.8, 4) is 0 Å². The molecular formula is C16H25N3O2. The predicted molar refractivity (Wildman–Crippen MR) is 83.0 cm³/mol. The summed E-state index contributed by atoms with van der Waals surface area (Å²) in [5.74, 6) is 0.328. The lowest BCUT2D eigenvalue weighted by Crippen LogP contribution is -2.35. The summed E-state index contributed by atoms with van der Waals surface area (Å²) in [6, 6.07) is 0. The molecule has 1 aromatic rings. The molecule has 1 saturated carbocycles. The second-order valence-corrected chi connectivity index (χ2v) is 5.67. The van der Waals surface area contributed by atoms with Gasteiger partial charge < -0.3 is 10.0 Å². The molecule has 0 radical (unpaired) electrons. The van der Waals surface area contributed by atoms with E-state index in [-0.39, 0.29) is 0 Å². The Morgan fingerprint density at radius 2 is 1.95 bits per heavy atom. The number of rotatable bonds is 7. The largest absolute Gasteiger partial charge is 0.478 e. The minimum atomic E-state index is -0.890. The number of hydrogen-bond donors (Lipinski definition) is 1. The molecule has 5 heteroatoms. The zero-order valence-electron chi connectivity index (χ0n) is 13.2. The number of hydrogen-bond acceptors (Lipinski definition) is 4. The van der Waals surface area contributed by atoms with Gasteiger partial charge in [0.15, 0.2) is 5.82 Å². The Labute approximate surface area is 126 Å². The number of carbonyl (C=O) groups is 1. The molecule has 0 spiro atoms. The van der Waals surface area contributed by atoms with Crippen LogP contribution in [0.25, 0.3) is 0 Å². The van der Waals surface area contributed by atoms with Crippen molar-refractivity contribution in [1.82, 2.24) is 10.2 Å². The number of aromatic carboxylic acids is 1. The van der Waals surface area contributed by atoms with Crippen LogP contribution in [0.15, 0.2) is 0 Å². The number of nitrogens with zero attached hydrogens (tertiary/aromatic N) is 3. The van der Waals surface area contributed by atoms with Gasteiger partial charge in [0.1, 0.15) is 5.56 Å². The van der Waals surface area contributed by atoms with E-state index in [2.05, 4.69) is 15.1 Å². The first kappa shape index (κ1) is 15.7. The van der Waals surface area contributed by atoms with Gasteiger partial charge in [-0.2, -0.15) is 5.10 Å². The Morgan fingerprint density at radius 1 is 1.24 bits per heavy atom. The monoisotopic (exact) mass is 291 g/mol. The Bertz CT molecular complexity index is 512. The summed E-state index contributed by atoms with van der Waals surface area (Å²) in [6.45, 7) is 7.67. The molecule has 116 valence electrons. The Balaban J connectivity index is 2.42. The van der Waals surface area contributed by atoms with Gasteiger partial charge in [0, 0.05) is 13.1 Å². The van der Waals surface area contributed by atoms with Crippen LogP contribution in [0, 0.1) is 5.92 Å². The van der Waals surface area contributed by atoms with Crippen molar-refractivity contribution in [3.05, 3.63) is 16.8 Å². The second-order valence-electron chi connectivity index (χ2n) is 5.67. The molecule has 1 aliphatic rings. The lowest BCUT2D eigenvalue weighted by Gasteiger charge is -2.33. The van der Waals surface area contributed by atoms with Crippen LogP contribution in [0.4, 0.5) is 5.82 Å². The number of carboxylic acids is 1. The third kappa shape index (κ3) is 3.17. The van der Waals surface area contributed by atoms with Gasteiger partial charge in [0.2, 0.25) is 0 Å². The minimum absolute atomic E-state index is 0.352. The van der Waals surface area contributed by atoms with Crippen LogP contribution in [0.5, 0.6) is 0 Å². The van der Waals surface area contributed by atoms with Crippen LogP contribution in [0.3, 0.4) is 0 Å². The minimum Gasteiger partial charge on any atom is -0.478 e. The normalized spacial score (nSPS) is 14.8. The number of carboxylic acid groups (broad SMARTS) is 1. The predicted octanol–water partition coefficient (Wildman–Crippen LogP) is 2.93. The van der Waals surface area contributed by atoms with Crippen molar-refractivity contribution in [3.63, 3.8) is 0 Å². The van der Waals surface area contributed by atoms with Crippen molar-refractivity contribution in [2.45, 2.75) is 52.9 Å². The third-order valence-electron chi connectivity index (χ3n) is 4.43. The molecule has 0 bridgehead atoms. The first-order chi connectivity index (χ1) is 10.1. The van der Waals surface area contributed by atoms with Crippen LogP contribution in [-0.4, -0.2) is 34.4 Å². The first-order valence-corrected chi connectivity index (χ1v) is 7.98. The molecule has 1 aliphatic carbocycles. The summed E-state index contributed by atoms with van der Waals surface area (Å²) in [5, 5.41) is 18.2. The molecule has 1 aromatic heterocycles. The average Bonchev–Trinajstić information content (AvgIpc) is 2.44. The molecule has 1 N–H and O–H groups in total. The van der Waals surface area contributed by atoms with Crippen LogP contribution >= 0.6 is 0 Å². The zero-order chi connectivity index (χ0) is 15.4. The molecule has 1 heterocycles. The maximum absolute atomic E-state index is 11.8. The molecule has 21 heavy (non-hydrogen) atoms. The first-order valence-electron chi connectivity index (χ1n) is 7.98. The Hall–Kier alpha value is -1.65. The van der Waals surface area contributed by atoms with Crippen molar-refractivity contribution >= 4 is 11.8 Å². The fourth-order valence-electron chi connectivity index (χ4n) is 2.96. The molecular weight excluding hydrogens is 266 g/mol. The zero-order valence-corrected chi connectivity index (χ0v) is 13.2. The molecule has 0 unspecified atom stereocenters. The smallest absolute Gasteiger partial charge is 0.339 e. The van der Waals surface area contributed by atoms with Gasteiger partial charge in [-0.15, -0.1) is 5.10 Å². The summed E-state index contributed by atoms with van der Waals surface area (Å²) in [6.07, 6.45) is 5.15. The maximum Gasteiger partial charge on any atom is 0.339 e. The fourth-order valence-corrected chi connectivity index (χ4v) is 2.96. The molecule has 0 amide bonds. The van der Waals surface area contributed by atoms with Crippen LogP contribution in [0.1, 0.15) is 61.6 Å². The van der Waals surface area contributed by atoms with E-state index in [1.807, 2.05) is 20.8 Å². The summed E-state index contributed by atoms with van der Waals surface area (Å²) < 4.78 is 0. The van der Waals surface area contributed by atoms with Gasteiger partial charge >= 0.3 is 5.97 Å². The quantitative estimate of drug-likeness (QED) is 0.836. The van der Waals surface area contributed by atoms with Crippen LogP contribution in [-0.2, 0) is 12.8 Å².